The van der Waals surface area contributed by atoms with Crippen molar-refractivity contribution < 1.29 is 23.1 Å². The van der Waals surface area contributed by atoms with Gasteiger partial charge in [0, 0.05) is 17.0 Å². The summed E-state index contributed by atoms with van der Waals surface area (Å²) in [4.78, 5) is 10.5. The zero-order chi connectivity index (χ0) is 13.3. The van der Waals surface area contributed by atoms with E-state index in [9.17, 15) is 13.2 Å². The van der Waals surface area contributed by atoms with Crippen LogP contribution in [0.4, 0.5) is 0 Å². The highest BCUT2D eigenvalue weighted by atomic mass is 35.5. The average Bonchev–Trinajstić information content (AvgIpc) is 2.61. The van der Waals surface area contributed by atoms with E-state index in [0.717, 1.165) is 5.56 Å². The molecule has 0 saturated heterocycles. The number of aliphatic carboxylic acids is 1. The van der Waals surface area contributed by atoms with Gasteiger partial charge in [-0.1, -0.05) is 11.6 Å². The highest BCUT2D eigenvalue weighted by Crippen LogP contribution is 2.33. The lowest BCUT2D eigenvalue weighted by atomic mass is 10.1. The molecule has 2 rings (SSSR count). The lowest BCUT2D eigenvalue weighted by Gasteiger charge is -2.08. The number of carboxylic acid groups (broad SMARTS) is 1. The van der Waals surface area contributed by atoms with Gasteiger partial charge in [-0.2, -0.15) is 0 Å². The molecule has 1 aliphatic heterocycles. The van der Waals surface area contributed by atoms with Gasteiger partial charge in [0.25, 0.3) is 0 Å². The molecule has 18 heavy (non-hydrogen) atoms. The molecule has 0 amide bonds. The summed E-state index contributed by atoms with van der Waals surface area (Å²) in [6.07, 6.45) is 0.682. The van der Waals surface area contributed by atoms with Crippen molar-refractivity contribution in [3.63, 3.8) is 0 Å². The second kappa shape index (κ2) is 4.78. The van der Waals surface area contributed by atoms with Gasteiger partial charge in [-0.25, -0.2) is 8.42 Å². The highest BCUT2D eigenvalue weighted by molar-refractivity contribution is 7.91. The maximum absolute atomic E-state index is 11.6. The molecule has 1 aromatic rings. The molecule has 0 unspecified atom stereocenters. The first kappa shape index (κ1) is 13.2. The van der Waals surface area contributed by atoms with Crippen molar-refractivity contribution in [2.75, 3.05) is 12.4 Å². The van der Waals surface area contributed by atoms with Gasteiger partial charge in [0.1, 0.15) is 11.5 Å². The third-order valence-electron chi connectivity index (χ3n) is 2.54. The molecule has 0 aromatic heterocycles. The van der Waals surface area contributed by atoms with Crippen LogP contribution >= 0.6 is 11.6 Å². The van der Waals surface area contributed by atoms with E-state index in [-0.39, 0.29) is 5.75 Å². The van der Waals surface area contributed by atoms with Crippen LogP contribution in [-0.2, 0) is 26.8 Å². The molecule has 98 valence electrons. The Bertz CT molecular complexity index is 594. The summed E-state index contributed by atoms with van der Waals surface area (Å²) in [6.45, 7) is 0.488. The standard InChI is InChI=1S/C11H11ClO5S/c12-9-3-7-1-2-17-11(7)8(4-9)5-18(15,16)6-10(13)14/h3-4H,1-2,5-6H2,(H,13,14). The van der Waals surface area contributed by atoms with E-state index >= 15 is 0 Å². The quantitative estimate of drug-likeness (QED) is 0.903. The minimum atomic E-state index is -3.71. The lowest BCUT2D eigenvalue weighted by Crippen LogP contribution is -2.17. The van der Waals surface area contributed by atoms with E-state index in [0.29, 0.717) is 29.4 Å². The van der Waals surface area contributed by atoms with Crippen molar-refractivity contribution in [2.45, 2.75) is 12.2 Å². The van der Waals surface area contributed by atoms with Crippen molar-refractivity contribution in [3.05, 3.63) is 28.3 Å². The van der Waals surface area contributed by atoms with Crippen LogP contribution in [0.25, 0.3) is 0 Å². The Labute approximate surface area is 109 Å². The molecule has 1 aromatic carbocycles. The van der Waals surface area contributed by atoms with Crippen LogP contribution in [0.1, 0.15) is 11.1 Å². The van der Waals surface area contributed by atoms with E-state index in [2.05, 4.69) is 0 Å². The second-order valence-electron chi connectivity index (χ2n) is 4.08. The molecular weight excluding hydrogens is 280 g/mol. The van der Waals surface area contributed by atoms with E-state index in [1.165, 1.54) is 6.07 Å². The summed E-state index contributed by atoms with van der Waals surface area (Å²) in [5.41, 5.74) is 1.29. The van der Waals surface area contributed by atoms with E-state index in [1.807, 2.05) is 0 Å². The molecule has 1 aliphatic rings. The Kier molecular flexibility index (Phi) is 3.49. The Hall–Kier alpha value is -1.27. The number of fused-ring (bicyclic) bond motifs is 1. The predicted molar refractivity (Wildman–Crippen MR) is 65.8 cm³/mol. The number of rotatable bonds is 4. The van der Waals surface area contributed by atoms with Crippen LogP contribution in [0, 0.1) is 0 Å². The van der Waals surface area contributed by atoms with Gasteiger partial charge in [0.15, 0.2) is 9.84 Å². The fourth-order valence-corrected chi connectivity index (χ4v) is 3.36. The van der Waals surface area contributed by atoms with Crippen LogP contribution in [0.15, 0.2) is 12.1 Å². The van der Waals surface area contributed by atoms with Crippen LogP contribution in [0.3, 0.4) is 0 Å². The minimum Gasteiger partial charge on any atom is -0.493 e. The number of carbonyl (C=O) groups is 1. The SMILES string of the molecule is O=C(O)CS(=O)(=O)Cc1cc(Cl)cc2c1OCC2. The molecule has 0 fully saturated rings. The van der Waals surface area contributed by atoms with Crippen LogP contribution in [0.5, 0.6) is 5.75 Å². The Morgan fingerprint density at radius 1 is 1.44 bits per heavy atom. The summed E-state index contributed by atoms with van der Waals surface area (Å²) in [7, 11) is -3.71. The van der Waals surface area contributed by atoms with Crippen molar-refractivity contribution in [1.29, 1.82) is 0 Å². The van der Waals surface area contributed by atoms with Crippen molar-refractivity contribution in [1.82, 2.24) is 0 Å². The van der Waals surface area contributed by atoms with Gasteiger partial charge in [0.05, 0.1) is 12.4 Å². The molecular formula is C11H11ClO5S. The van der Waals surface area contributed by atoms with Crippen LogP contribution in [-0.4, -0.2) is 31.9 Å². The Morgan fingerprint density at radius 3 is 2.83 bits per heavy atom. The number of halogens is 1. The van der Waals surface area contributed by atoms with Crippen molar-refractivity contribution >= 4 is 27.4 Å². The molecule has 0 atom stereocenters. The van der Waals surface area contributed by atoms with Crippen LogP contribution < -0.4 is 4.74 Å². The Balaban J connectivity index is 2.33. The zero-order valence-electron chi connectivity index (χ0n) is 9.35. The number of carboxylic acids is 1. The fraction of sp³-hybridized carbons (Fsp3) is 0.364. The molecule has 1 heterocycles. The lowest BCUT2D eigenvalue weighted by molar-refractivity contribution is -0.134. The number of hydrogen-bond acceptors (Lipinski definition) is 4. The third kappa shape index (κ3) is 2.94. The molecule has 1 N–H and O–H groups in total. The second-order valence-corrected chi connectivity index (χ2v) is 6.58. The van der Waals surface area contributed by atoms with E-state index < -0.39 is 21.6 Å². The normalized spacial score (nSPS) is 14.1. The molecule has 0 saturated carbocycles. The summed E-state index contributed by atoms with van der Waals surface area (Å²) in [6, 6.07) is 3.24. The third-order valence-corrected chi connectivity index (χ3v) is 4.20. The van der Waals surface area contributed by atoms with Gasteiger partial charge in [-0.3, -0.25) is 4.79 Å². The van der Waals surface area contributed by atoms with Crippen LogP contribution in [0.2, 0.25) is 5.02 Å². The monoisotopic (exact) mass is 290 g/mol. The fourth-order valence-electron chi connectivity index (χ4n) is 1.93. The average molecular weight is 291 g/mol. The predicted octanol–water partition coefficient (Wildman–Crippen LogP) is 1.27. The van der Waals surface area contributed by atoms with E-state index in [1.54, 1.807) is 6.07 Å². The molecule has 0 radical (unpaired) electrons. The summed E-state index contributed by atoms with van der Waals surface area (Å²) in [5, 5.41) is 8.97. The topological polar surface area (TPSA) is 80.7 Å². The molecule has 7 heteroatoms. The number of sulfone groups is 1. The van der Waals surface area contributed by atoms with Gasteiger partial charge < -0.3 is 9.84 Å². The number of ether oxygens (including phenoxy) is 1. The maximum atomic E-state index is 11.6. The number of hydrogen-bond donors (Lipinski definition) is 1. The molecule has 0 aliphatic carbocycles. The summed E-state index contributed by atoms with van der Waals surface area (Å²) >= 11 is 5.90. The Morgan fingerprint density at radius 2 is 2.17 bits per heavy atom. The maximum Gasteiger partial charge on any atom is 0.318 e. The first-order valence-electron chi connectivity index (χ1n) is 5.24. The molecule has 5 nitrogen and oxygen atoms in total. The smallest absolute Gasteiger partial charge is 0.318 e. The highest BCUT2D eigenvalue weighted by Gasteiger charge is 2.23. The van der Waals surface area contributed by atoms with Crippen molar-refractivity contribution in [2.24, 2.45) is 0 Å². The van der Waals surface area contributed by atoms with E-state index in [4.69, 9.17) is 21.4 Å². The first-order valence-corrected chi connectivity index (χ1v) is 7.43. The summed E-state index contributed by atoms with van der Waals surface area (Å²) < 4.78 is 28.6. The van der Waals surface area contributed by atoms with Crippen molar-refractivity contribution in [3.8, 4) is 5.75 Å². The van der Waals surface area contributed by atoms with Gasteiger partial charge in [-0.05, 0) is 17.7 Å². The molecule has 0 bridgehead atoms. The zero-order valence-corrected chi connectivity index (χ0v) is 10.9. The van der Waals surface area contributed by atoms with Gasteiger partial charge in [-0.15, -0.1) is 0 Å². The van der Waals surface area contributed by atoms with Gasteiger partial charge in [0.2, 0.25) is 0 Å². The summed E-state index contributed by atoms with van der Waals surface area (Å²) in [5.74, 6) is -2.11. The minimum absolute atomic E-state index is 0.373. The first-order chi connectivity index (χ1) is 8.37. The number of benzene rings is 1. The van der Waals surface area contributed by atoms with Gasteiger partial charge >= 0.3 is 5.97 Å². The largest absolute Gasteiger partial charge is 0.493 e. The molecule has 0 spiro atoms.